The minimum atomic E-state index is -0.00732. The van der Waals surface area contributed by atoms with E-state index < -0.39 is 0 Å². The molecular weight excluding hydrogens is 266 g/mol. The van der Waals surface area contributed by atoms with Gasteiger partial charge in [0.25, 0.3) is 5.91 Å². The van der Waals surface area contributed by atoms with Gasteiger partial charge in [0.15, 0.2) is 0 Å². The summed E-state index contributed by atoms with van der Waals surface area (Å²) in [6.07, 6.45) is 1.78. The molecule has 1 fully saturated rings. The first-order valence-electron chi connectivity index (χ1n) is 7.32. The fourth-order valence-corrected chi connectivity index (χ4v) is 2.71. The maximum absolute atomic E-state index is 12.4. The highest BCUT2D eigenvalue weighted by Crippen LogP contribution is 2.17. The molecule has 1 heterocycles. The van der Waals surface area contributed by atoms with Crippen molar-refractivity contribution in [1.82, 2.24) is 14.9 Å². The van der Waals surface area contributed by atoms with Crippen molar-refractivity contribution in [3.63, 3.8) is 0 Å². The molecule has 114 valence electrons. The summed E-state index contributed by atoms with van der Waals surface area (Å²) in [5.74, 6) is 0.122. The van der Waals surface area contributed by atoms with E-state index in [-0.39, 0.29) is 11.8 Å². The Morgan fingerprint density at radius 2 is 1.67 bits per heavy atom. The summed E-state index contributed by atoms with van der Waals surface area (Å²) >= 11 is 0. The van der Waals surface area contributed by atoms with Crippen molar-refractivity contribution in [2.24, 2.45) is 0 Å². The number of amides is 2. The average Bonchev–Trinajstić information content (AvgIpc) is 2.53. The van der Waals surface area contributed by atoms with Crippen molar-refractivity contribution in [2.75, 3.05) is 27.2 Å². The predicted molar refractivity (Wildman–Crippen MR) is 81.6 cm³/mol. The van der Waals surface area contributed by atoms with Gasteiger partial charge in [0.05, 0.1) is 0 Å². The molecule has 1 aromatic rings. The second-order valence-electron chi connectivity index (χ2n) is 5.51. The Morgan fingerprint density at radius 3 is 2.19 bits per heavy atom. The lowest BCUT2D eigenvalue weighted by Gasteiger charge is -2.40. The highest BCUT2D eigenvalue weighted by atomic mass is 16.2. The fourth-order valence-electron chi connectivity index (χ4n) is 2.71. The van der Waals surface area contributed by atoms with Crippen LogP contribution < -0.4 is 0 Å². The summed E-state index contributed by atoms with van der Waals surface area (Å²) in [6, 6.07) is 9.57. The molecule has 21 heavy (non-hydrogen) atoms. The van der Waals surface area contributed by atoms with Crippen molar-refractivity contribution in [3.05, 3.63) is 35.9 Å². The Hall–Kier alpha value is -1.88. The van der Waals surface area contributed by atoms with E-state index in [4.69, 9.17) is 0 Å². The Bertz CT molecular complexity index is 496. The van der Waals surface area contributed by atoms with Crippen LogP contribution in [0.1, 0.15) is 30.1 Å². The molecule has 1 aliphatic heterocycles. The number of piperidine rings is 1. The summed E-state index contributed by atoms with van der Waals surface area (Å²) in [5, 5.41) is 3.66. The van der Waals surface area contributed by atoms with Crippen molar-refractivity contribution in [1.29, 1.82) is 0 Å². The SMILES string of the molecule is CC(=O)N1CCC(N(C)N(C)C(=O)c2ccccc2)CC1. The monoisotopic (exact) mass is 289 g/mol. The van der Waals surface area contributed by atoms with Gasteiger partial charge in [-0.3, -0.25) is 14.6 Å². The quantitative estimate of drug-likeness (QED) is 0.794. The molecule has 0 radical (unpaired) electrons. The highest BCUT2D eigenvalue weighted by Gasteiger charge is 2.27. The van der Waals surface area contributed by atoms with Gasteiger partial charge in [-0.05, 0) is 25.0 Å². The highest BCUT2D eigenvalue weighted by molar-refractivity contribution is 5.93. The van der Waals surface area contributed by atoms with Gasteiger partial charge < -0.3 is 4.90 Å². The van der Waals surface area contributed by atoms with Crippen molar-refractivity contribution in [3.8, 4) is 0 Å². The molecule has 0 aliphatic carbocycles. The van der Waals surface area contributed by atoms with E-state index in [0.717, 1.165) is 25.9 Å². The number of rotatable bonds is 3. The Morgan fingerprint density at radius 1 is 1.10 bits per heavy atom. The standard InChI is InChI=1S/C16H23N3O2/c1-13(20)19-11-9-15(10-12-19)17(2)18(3)16(21)14-7-5-4-6-8-14/h4-8,15H,9-12H2,1-3H3. The van der Waals surface area contributed by atoms with E-state index in [0.29, 0.717) is 11.6 Å². The van der Waals surface area contributed by atoms with Gasteiger partial charge in [0.1, 0.15) is 0 Å². The van der Waals surface area contributed by atoms with Crippen LogP contribution in [-0.2, 0) is 4.79 Å². The van der Waals surface area contributed by atoms with Gasteiger partial charge in [-0.25, -0.2) is 5.01 Å². The third-order valence-corrected chi connectivity index (χ3v) is 4.23. The smallest absolute Gasteiger partial charge is 0.267 e. The first-order chi connectivity index (χ1) is 10.0. The summed E-state index contributed by atoms with van der Waals surface area (Å²) < 4.78 is 0. The van der Waals surface area contributed by atoms with Gasteiger partial charge in [-0.2, -0.15) is 0 Å². The van der Waals surface area contributed by atoms with Crippen LogP contribution in [0, 0.1) is 0 Å². The molecular formula is C16H23N3O2. The molecule has 1 saturated heterocycles. The molecule has 0 bridgehead atoms. The second kappa shape index (κ2) is 6.72. The lowest BCUT2D eigenvalue weighted by atomic mass is 10.0. The first kappa shape index (κ1) is 15.5. The molecule has 5 heteroatoms. The maximum Gasteiger partial charge on any atom is 0.267 e. The lowest BCUT2D eigenvalue weighted by Crippen LogP contribution is -2.51. The van der Waals surface area contributed by atoms with Crippen LogP contribution in [0.5, 0.6) is 0 Å². The first-order valence-corrected chi connectivity index (χ1v) is 7.32. The van der Waals surface area contributed by atoms with Gasteiger partial charge in [0, 0.05) is 45.7 Å². The zero-order valence-electron chi connectivity index (χ0n) is 13.0. The van der Waals surface area contributed by atoms with E-state index in [1.165, 1.54) is 0 Å². The molecule has 0 atom stereocenters. The normalized spacial score (nSPS) is 16.1. The second-order valence-corrected chi connectivity index (χ2v) is 5.51. The van der Waals surface area contributed by atoms with Crippen LogP contribution in [0.4, 0.5) is 0 Å². The third kappa shape index (κ3) is 3.61. The molecule has 5 nitrogen and oxygen atoms in total. The van der Waals surface area contributed by atoms with Crippen molar-refractivity contribution < 1.29 is 9.59 Å². The number of hydrogen-bond donors (Lipinski definition) is 0. The van der Waals surface area contributed by atoms with Crippen LogP contribution >= 0.6 is 0 Å². The molecule has 0 aromatic heterocycles. The number of carbonyl (C=O) groups excluding carboxylic acids is 2. The lowest BCUT2D eigenvalue weighted by molar-refractivity contribution is -0.131. The number of likely N-dealkylation sites (tertiary alicyclic amines) is 1. The van der Waals surface area contributed by atoms with Gasteiger partial charge in [-0.1, -0.05) is 18.2 Å². The van der Waals surface area contributed by atoms with Crippen LogP contribution in [0.2, 0.25) is 0 Å². The molecule has 0 saturated carbocycles. The maximum atomic E-state index is 12.4. The van der Waals surface area contributed by atoms with E-state index >= 15 is 0 Å². The topological polar surface area (TPSA) is 43.9 Å². The molecule has 1 aromatic carbocycles. The van der Waals surface area contributed by atoms with Crippen LogP contribution in [0.3, 0.4) is 0 Å². The van der Waals surface area contributed by atoms with Gasteiger partial charge in [-0.15, -0.1) is 0 Å². The predicted octanol–water partition coefficient (Wildman–Crippen LogP) is 1.62. The van der Waals surface area contributed by atoms with Crippen molar-refractivity contribution in [2.45, 2.75) is 25.8 Å². The van der Waals surface area contributed by atoms with E-state index in [2.05, 4.69) is 0 Å². The summed E-state index contributed by atoms with van der Waals surface area (Å²) in [7, 11) is 3.74. The third-order valence-electron chi connectivity index (χ3n) is 4.23. The average molecular weight is 289 g/mol. The number of carbonyl (C=O) groups is 2. The Kier molecular flexibility index (Phi) is 4.96. The van der Waals surface area contributed by atoms with Crippen LogP contribution in [-0.4, -0.2) is 60.0 Å². The van der Waals surface area contributed by atoms with E-state index in [1.807, 2.05) is 47.3 Å². The molecule has 2 amide bonds. The molecule has 2 rings (SSSR count). The van der Waals surface area contributed by atoms with Crippen molar-refractivity contribution >= 4 is 11.8 Å². The number of benzene rings is 1. The summed E-state index contributed by atoms with van der Waals surface area (Å²) in [5.41, 5.74) is 0.688. The van der Waals surface area contributed by atoms with E-state index in [1.54, 1.807) is 19.0 Å². The molecule has 0 spiro atoms. The number of hydrogen-bond acceptors (Lipinski definition) is 3. The number of hydrazine groups is 1. The van der Waals surface area contributed by atoms with Crippen LogP contribution in [0.15, 0.2) is 30.3 Å². The minimum absolute atomic E-state index is 0.00732. The van der Waals surface area contributed by atoms with E-state index in [9.17, 15) is 9.59 Å². The molecule has 0 unspecified atom stereocenters. The van der Waals surface area contributed by atoms with Gasteiger partial charge >= 0.3 is 0 Å². The Balaban J connectivity index is 1.95. The molecule has 1 aliphatic rings. The zero-order valence-corrected chi connectivity index (χ0v) is 13.0. The summed E-state index contributed by atoms with van der Waals surface area (Å²) in [4.78, 5) is 25.6. The number of nitrogens with zero attached hydrogens (tertiary/aromatic N) is 3. The minimum Gasteiger partial charge on any atom is -0.343 e. The Labute approximate surface area is 126 Å². The fraction of sp³-hybridized carbons (Fsp3) is 0.500. The summed E-state index contributed by atoms with van der Waals surface area (Å²) in [6.45, 7) is 3.13. The molecule has 0 N–H and O–H groups in total. The van der Waals surface area contributed by atoms with Crippen LogP contribution in [0.25, 0.3) is 0 Å². The largest absolute Gasteiger partial charge is 0.343 e. The zero-order chi connectivity index (χ0) is 15.4. The van der Waals surface area contributed by atoms with Gasteiger partial charge in [0.2, 0.25) is 5.91 Å².